The van der Waals surface area contributed by atoms with Crippen LogP contribution in [0.4, 0.5) is 5.88 Å². The Labute approximate surface area is 101 Å². The molecule has 0 fully saturated rings. The van der Waals surface area contributed by atoms with Gasteiger partial charge in [0.15, 0.2) is 17.5 Å². The van der Waals surface area contributed by atoms with Crippen LogP contribution in [-0.4, -0.2) is 21.0 Å². The van der Waals surface area contributed by atoms with Gasteiger partial charge < -0.3 is 20.2 Å². The van der Waals surface area contributed by atoms with Crippen LogP contribution in [0.3, 0.4) is 0 Å². The molecular weight excluding hydrogens is 234 g/mol. The van der Waals surface area contributed by atoms with Crippen molar-refractivity contribution in [3.63, 3.8) is 0 Å². The number of hydrogen-bond donors (Lipinski definition) is 3. The minimum atomic E-state index is -0.977. The van der Waals surface area contributed by atoms with Gasteiger partial charge in [0.1, 0.15) is 0 Å². The fourth-order valence-corrected chi connectivity index (χ4v) is 1.74. The molecule has 0 amide bonds. The molecule has 0 aliphatic rings. The van der Waals surface area contributed by atoms with Crippen molar-refractivity contribution in [2.24, 2.45) is 0 Å². The fraction of sp³-hybridized carbons (Fsp3) is 0. The Balaban J connectivity index is 2.13. The highest BCUT2D eigenvalue weighted by atomic mass is 16.4. The summed E-state index contributed by atoms with van der Waals surface area (Å²) in [7, 11) is 0. The zero-order valence-corrected chi connectivity index (χ0v) is 9.18. The van der Waals surface area contributed by atoms with Gasteiger partial charge in [-0.3, -0.25) is 0 Å². The Kier molecular flexibility index (Phi) is 2.09. The van der Waals surface area contributed by atoms with Crippen molar-refractivity contribution in [1.82, 2.24) is 9.97 Å². The first-order valence-corrected chi connectivity index (χ1v) is 5.22. The van der Waals surface area contributed by atoms with E-state index < -0.39 is 5.97 Å². The van der Waals surface area contributed by atoms with E-state index in [-0.39, 0.29) is 5.56 Å². The van der Waals surface area contributed by atoms with Crippen LogP contribution in [0, 0.1) is 0 Å². The summed E-state index contributed by atoms with van der Waals surface area (Å²) in [5.74, 6) is 0.358. The fourth-order valence-electron chi connectivity index (χ4n) is 1.74. The number of nitrogen functional groups attached to an aromatic ring is 1. The van der Waals surface area contributed by atoms with Crippen LogP contribution >= 0.6 is 0 Å². The minimum Gasteiger partial charge on any atom is -0.478 e. The number of anilines is 1. The summed E-state index contributed by atoms with van der Waals surface area (Å²) in [5.41, 5.74) is 7.00. The summed E-state index contributed by atoms with van der Waals surface area (Å²) in [4.78, 5) is 18.2. The lowest BCUT2D eigenvalue weighted by Gasteiger charge is -1.92. The average Bonchev–Trinajstić information content (AvgIpc) is 2.93. The molecule has 0 bridgehead atoms. The van der Waals surface area contributed by atoms with E-state index in [9.17, 15) is 4.79 Å². The van der Waals surface area contributed by atoms with Crippen molar-refractivity contribution in [2.45, 2.75) is 0 Å². The second-order valence-electron chi connectivity index (χ2n) is 3.82. The lowest BCUT2D eigenvalue weighted by Crippen LogP contribution is -1.94. The molecule has 0 saturated carbocycles. The summed E-state index contributed by atoms with van der Waals surface area (Å²) in [5, 5.41) is 8.90. The van der Waals surface area contributed by atoms with E-state index >= 15 is 0 Å². The number of carbonyl (C=O) groups is 1. The van der Waals surface area contributed by atoms with Crippen molar-refractivity contribution in [1.29, 1.82) is 0 Å². The standard InChI is InChI=1S/C12H9N3O3/c13-10-4-3-9(18-10)11-14-7-2-1-6(12(16)17)5-8(7)15-11/h1-5H,13H2,(H,14,15)(H,16,17). The molecule has 2 heterocycles. The van der Waals surface area contributed by atoms with Gasteiger partial charge in [0, 0.05) is 6.07 Å². The van der Waals surface area contributed by atoms with Gasteiger partial charge in [-0.15, -0.1) is 0 Å². The zero-order valence-electron chi connectivity index (χ0n) is 9.18. The van der Waals surface area contributed by atoms with E-state index in [4.69, 9.17) is 15.3 Å². The van der Waals surface area contributed by atoms with Gasteiger partial charge in [-0.25, -0.2) is 9.78 Å². The highest BCUT2D eigenvalue weighted by Crippen LogP contribution is 2.23. The topological polar surface area (TPSA) is 105 Å². The number of imidazole rings is 1. The average molecular weight is 243 g/mol. The number of hydrogen-bond acceptors (Lipinski definition) is 4. The number of rotatable bonds is 2. The quantitative estimate of drug-likeness (QED) is 0.639. The number of aromatic carboxylic acids is 1. The third kappa shape index (κ3) is 1.60. The molecule has 6 heteroatoms. The van der Waals surface area contributed by atoms with Crippen molar-refractivity contribution < 1.29 is 14.3 Å². The molecule has 2 aromatic heterocycles. The van der Waals surface area contributed by atoms with Crippen LogP contribution in [0.1, 0.15) is 10.4 Å². The van der Waals surface area contributed by atoms with Crippen molar-refractivity contribution in [2.75, 3.05) is 5.73 Å². The molecule has 90 valence electrons. The molecule has 6 nitrogen and oxygen atoms in total. The first-order chi connectivity index (χ1) is 8.63. The normalized spacial score (nSPS) is 10.9. The van der Waals surface area contributed by atoms with E-state index in [1.165, 1.54) is 12.1 Å². The molecular formula is C12H9N3O3. The second kappa shape index (κ2) is 3.63. The lowest BCUT2D eigenvalue weighted by atomic mass is 10.2. The SMILES string of the molecule is Nc1ccc(-c2nc3ccc(C(=O)O)cc3[nH]2)o1. The number of nitrogens with one attached hydrogen (secondary N) is 1. The summed E-state index contributed by atoms with van der Waals surface area (Å²) in [6.45, 7) is 0. The maximum absolute atomic E-state index is 10.9. The van der Waals surface area contributed by atoms with Crippen LogP contribution in [0.15, 0.2) is 34.7 Å². The molecule has 0 aliphatic heterocycles. The zero-order chi connectivity index (χ0) is 12.7. The lowest BCUT2D eigenvalue weighted by molar-refractivity contribution is 0.0697. The Morgan fingerprint density at radius 3 is 2.83 bits per heavy atom. The molecule has 3 rings (SSSR count). The maximum atomic E-state index is 10.9. The number of benzene rings is 1. The number of nitrogens with two attached hydrogens (primary N) is 1. The van der Waals surface area contributed by atoms with Gasteiger partial charge in [-0.05, 0) is 24.3 Å². The third-order valence-electron chi connectivity index (χ3n) is 2.59. The predicted octanol–water partition coefficient (Wildman–Crippen LogP) is 2.10. The molecule has 18 heavy (non-hydrogen) atoms. The summed E-state index contributed by atoms with van der Waals surface area (Å²) in [6.07, 6.45) is 0. The van der Waals surface area contributed by atoms with E-state index in [0.29, 0.717) is 28.5 Å². The van der Waals surface area contributed by atoms with Gasteiger partial charge in [0.2, 0.25) is 0 Å². The smallest absolute Gasteiger partial charge is 0.335 e. The van der Waals surface area contributed by atoms with Crippen LogP contribution < -0.4 is 5.73 Å². The maximum Gasteiger partial charge on any atom is 0.335 e. The number of aromatic amines is 1. The van der Waals surface area contributed by atoms with E-state index in [1.54, 1.807) is 18.2 Å². The first kappa shape index (κ1) is 10.4. The number of nitrogens with zero attached hydrogens (tertiary/aromatic N) is 1. The van der Waals surface area contributed by atoms with Gasteiger partial charge in [-0.2, -0.15) is 0 Å². The Morgan fingerprint density at radius 1 is 1.33 bits per heavy atom. The van der Waals surface area contributed by atoms with E-state index in [1.807, 2.05) is 0 Å². The number of fused-ring (bicyclic) bond motifs is 1. The second-order valence-corrected chi connectivity index (χ2v) is 3.82. The van der Waals surface area contributed by atoms with E-state index in [0.717, 1.165) is 0 Å². The van der Waals surface area contributed by atoms with Crippen LogP contribution in [0.2, 0.25) is 0 Å². The molecule has 0 atom stereocenters. The summed E-state index contributed by atoms with van der Waals surface area (Å²) < 4.78 is 5.24. The van der Waals surface area contributed by atoms with Crippen molar-refractivity contribution in [3.05, 3.63) is 35.9 Å². The third-order valence-corrected chi connectivity index (χ3v) is 2.59. The molecule has 0 aliphatic carbocycles. The molecule has 0 unspecified atom stereocenters. The van der Waals surface area contributed by atoms with Gasteiger partial charge in [0.05, 0.1) is 16.6 Å². The largest absolute Gasteiger partial charge is 0.478 e. The molecule has 4 N–H and O–H groups in total. The molecule has 1 aromatic carbocycles. The van der Waals surface area contributed by atoms with Crippen molar-refractivity contribution in [3.8, 4) is 11.6 Å². The first-order valence-electron chi connectivity index (χ1n) is 5.22. The van der Waals surface area contributed by atoms with Crippen LogP contribution in [0.5, 0.6) is 0 Å². The number of carboxylic acid groups (broad SMARTS) is 1. The van der Waals surface area contributed by atoms with Crippen LogP contribution in [0.25, 0.3) is 22.6 Å². The van der Waals surface area contributed by atoms with E-state index in [2.05, 4.69) is 9.97 Å². The van der Waals surface area contributed by atoms with Gasteiger partial charge in [0.25, 0.3) is 0 Å². The van der Waals surface area contributed by atoms with Crippen LogP contribution in [-0.2, 0) is 0 Å². The van der Waals surface area contributed by atoms with Gasteiger partial charge >= 0.3 is 5.97 Å². The Bertz CT molecular complexity index is 742. The molecule has 3 aromatic rings. The molecule has 0 radical (unpaired) electrons. The number of aromatic nitrogens is 2. The number of furan rings is 1. The number of H-pyrrole nitrogens is 1. The molecule has 0 saturated heterocycles. The van der Waals surface area contributed by atoms with Gasteiger partial charge in [-0.1, -0.05) is 0 Å². The highest BCUT2D eigenvalue weighted by molar-refractivity contribution is 5.92. The van der Waals surface area contributed by atoms with Crippen molar-refractivity contribution >= 4 is 22.9 Å². The summed E-state index contributed by atoms with van der Waals surface area (Å²) in [6, 6.07) is 8.01. The Hall–Kier alpha value is -2.76. The minimum absolute atomic E-state index is 0.205. The Morgan fingerprint density at radius 2 is 2.17 bits per heavy atom. The summed E-state index contributed by atoms with van der Waals surface area (Å²) >= 11 is 0. The monoisotopic (exact) mass is 243 g/mol. The highest BCUT2D eigenvalue weighted by Gasteiger charge is 2.10. The number of carboxylic acids is 1. The molecule has 0 spiro atoms. The predicted molar refractivity (Wildman–Crippen MR) is 65.2 cm³/mol.